The van der Waals surface area contributed by atoms with Crippen LogP contribution in [0.5, 0.6) is 0 Å². The van der Waals surface area contributed by atoms with Crippen molar-refractivity contribution >= 4 is 23.4 Å². The van der Waals surface area contributed by atoms with Gasteiger partial charge in [-0.3, -0.25) is 4.79 Å². The van der Waals surface area contributed by atoms with Crippen molar-refractivity contribution in [2.45, 2.75) is 12.5 Å². The zero-order valence-electron chi connectivity index (χ0n) is 10.7. The quantitative estimate of drug-likeness (QED) is 0.748. The maximum atomic E-state index is 11.8. The second-order valence-corrected chi connectivity index (χ2v) is 4.20. The van der Waals surface area contributed by atoms with E-state index in [1.807, 2.05) is 0 Å². The van der Waals surface area contributed by atoms with E-state index in [4.69, 9.17) is 0 Å². The van der Waals surface area contributed by atoms with Gasteiger partial charge in [0.2, 0.25) is 5.91 Å². The van der Waals surface area contributed by atoms with Crippen molar-refractivity contribution < 1.29 is 19.4 Å². The van der Waals surface area contributed by atoms with E-state index < -0.39 is 12.1 Å². The number of nitrogens with one attached hydrogen (secondary N) is 1. The van der Waals surface area contributed by atoms with E-state index >= 15 is 0 Å². The van der Waals surface area contributed by atoms with Crippen molar-refractivity contribution in [1.82, 2.24) is 4.98 Å². The zero-order chi connectivity index (χ0) is 14.0. The molecule has 1 aliphatic rings. The molecule has 0 bridgehead atoms. The smallest absolute Gasteiger partial charge is 0.339 e. The van der Waals surface area contributed by atoms with Crippen molar-refractivity contribution in [3.63, 3.8) is 0 Å². The van der Waals surface area contributed by atoms with Crippen molar-refractivity contribution in [2.75, 3.05) is 30.9 Å². The van der Waals surface area contributed by atoms with Crippen molar-refractivity contribution in [3.05, 3.63) is 17.8 Å². The SMILES string of the molecule is CNc1ncc(C(=O)OC)cc1N1CC(O)CC1=O. The third kappa shape index (κ3) is 2.50. The lowest BCUT2D eigenvalue weighted by Gasteiger charge is -2.19. The first-order chi connectivity index (χ1) is 9.06. The summed E-state index contributed by atoms with van der Waals surface area (Å²) in [7, 11) is 2.94. The molecule has 1 aromatic heterocycles. The summed E-state index contributed by atoms with van der Waals surface area (Å²) in [6.45, 7) is 0.194. The van der Waals surface area contributed by atoms with Crippen LogP contribution in [-0.4, -0.2) is 48.8 Å². The number of methoxy groups -OCH3 is 1. The molecule has 1 unspecified atom stereocenters. The second-order valence-electron chi connectivity index (χ2n) is 4.20. The van der Waals surface area contributed by atoms with E-state index in [1.165, 1.54) is 24.3 Å². The molecule has 2 heterocycles. The molecule has 0 aromatic carbocycles. The van der Waals surface area contributed by atoms with Gasteiger partial charge >= 0.3 is 5.97 Å². The average molecular weight is 265 g/mol. The van der Waals surface area contributed by atoms with Crippen LogP contribution in [0.15, 0.2) is 12.3 Å². The lowest BCUT2D eigenvalue weighted by atomic mass is 10.2. The topological polar surface area (TPSA) is 91.8 Å². The summed E-state index contributed by atoms with van der Waals surface area (Å²) >= 11 is 0. The lowest BCUT2D eigenvalue weighted by Crippen LogP contribution is -2.26. The van der Waals surface area contributed by atoms with Gasteiger partial charge in [0.15, 0.2) is 0 Å². The molecule has 0 aliphatic carbocycles. The van der Waals surface area contributed by atoms with Gasteiger partial charge in [0.25, 0.3) is 0 Å². The maximum absolute atomic E-state index is 11.8. The van der Waals surface area contributed by atoms with Gasteiger partial charge in [-0.15, -0.1) is 0 Å². The second kappa shape index (κ2) is 5.23. The minimum Gasteiger partial charge on any atom is -0.465 e. The molecule has 0 spiro atoms. The Kier molecular flexibility index (Phi) is 3.66. The molecule has 7 heteroatoms. The van der Waals surface area contributed by atoms with E-state index in [-0.39, 0.29) is 24.4 Å². The monoisotopic (exact) mass is 265 g/mol. The first-order valence-corrected chi connectivity index (χ1v) is 5.81. The van der Waals surface area contributed by atoms with E-state index in [9.17, 15) is 14.7 Å². The van der Waals surface area contributed by atoms with E-state index in [1.54, 1.807) is 7.05 Å². The summed E-state index contributed by atoms with van der Waals surface area (Å²) in [6, 6.07) is 1.53. The van der Waals surface area contributed by atoms with E-state index in [0.717, 1.165) is 0 Å². The van der Waals surface area contributed by atoms with Gasteiger partial charge in [-0.25, -0.2) is 9.78 Å². The van der Waals surface area contributed by atoms with Crippen LogP contribution in [0.2, 0.25) is 0 Å². The Morgan fingerprint density at radius 3 is 2.89 bits per heavy atom. The fraction of sp³-hybridized carbons (Fsp3) is 0.417. The standard InChI is InChI=1S/C12H15N3O4/c1-13-11-9(15-6-8(16)4-10(15)17)3-7(5-14-11)12(18)19-2/h3,5,8,16H,4,6H2,1-2H3,(H,13,14). The molecule has 1 saturated heterocycles. The molecule has 7 nitrogen and oxygen atoms in total. The highest BCUT2D eigenvalue weighted by Gasteiger charge is 2.31. The Hall–Kier alpha value is -2.15. The molecule has 1 atom stereocenters. The number of hydrogen-bond acceptors (Lipinski definition) is 6. The number of aromatic nitrogens is 1. The van der Waals surface area contributed by atoms with Gasteiger partial charge in [-0.2, -0.15) is 0 Å². The van der Waals surface area contributed by atoms with Crippen molar-refractivity contribution in [3.8, 4) is 0 Å². The number of rotatable bonds is 3. The summed E-state index contributed by atoms with van der Waals surface area (Å²) in [5.74, 6) is -0.258. The third-order valence-electron chi connectivity index (χ3n) is 2.92. The number of ether oxygens (including phenoxy) is 1. The van der Waals surface area contributed by atoms with E-state index in [2.05, 4.69) is 15.0 Å². The summed E-state index contributed by atoms with van der Waals surface area (Å²) in [5, 5.41) is 12.4. The molecule has 1 fully saturated rings. The van der Waals surface area contributed by atoms with Gasteiger partial charge < -0.3 is 20.1 Å². The molecule has 0 saturated carbocycles. The normalized spacial score (nSPS) is 18.6. The maximum Gasteiger partial charge on any atom is 0.339 e. The molecule has 19 heavy (non-hydrogen) atoms. The van der Waals surface area contributed by atoms with Crippen LogP contribution < -0.4 is 10.2 Å². The van der Waals surface area contributed by atoms with Crippen LogP contribution in [0.4, 0.5) is 11.5 Å². The zero-order valence-corrected chi connectivity index (χ0v) is 10.7. The largest absolute Gasteiger partial charge is 0.465 e. The van der Waals surface area contributed by atoms with Gasteiger partial charge in [-0.1, -0.05) is 0 Å². The van der Waals surface area contributed by atoms with Gasteiger partial charge in [0.05, 0.1) is 37.4 Å². The Bertz CT molecular complexity index is 518. The number of β-amino-alcohol motifs (C(OH)–C–C–N with tert-alkyl or cyclic N) is 1. The van der Waals surface area contributed by atoms with E-state index in [0.29, 0.717) is 11.5 Å². The Labute approximate surface area is 110 Å². The summed E-state index contributed by atoms with van der Waals surface area (Å²) in [5.41, 5.74) is 0.720. The molecule has 102 valence electrons. The van der Waals surface area contributed by atoms with Crippen LogP contribution in [0, 0.1) is 0 Å². The molecule has 1 aromatic rings. The fourth-order valence-corrected chi connectivity index (χ4v) is 2.00. The Morgan fingerprint density at radius 2 is 2.37 bits per heavy atom. The predicted octanol–water partition coefficient (Wildman–Crippen LogP) is 0.00750. The molecular weight excluding hydrogens is 250 g/mol. The first-order valence-electron chi connectivity index (χ1n) is 5.81. The highest BCUT2D eigenvalue weighted by molar-refractivity contribution is 6.00. The highest BCUT2D eigenvalue weighted by Crippen LogP contribution is 2.28. The molecule has 1 aliphatic heterocycles. The summed E-state index contributed by atoms with van der Waals surface area (Å²) < 4.78 is 4.62. The van der Waals surface area contributed by atoms with Crippen molar-refractivity contribution in [2.24, 2.45) is 0 Å². The van der Waals surface area contributed by atoms with Crippen LogP contribution in [0.1, 0.15) is 16.8 Å². The van der Waals surface area contributed by atoms with Gasteiger partial charge in [0.1, 0.15) is 5.82 Å². The Morgan fingerprint density at radius 1 is 1.63 bits per heavy atom. The Balaban J connectivity index is 2.42. The fourth-order valence-electron chi connectivity index (χ4n) is 2.00. The number of carbonyl (C=O) groups is 2. The minimum absolute atomic E-state index is 0.0750. The predicted molar refractivity (Wildman–Crippen MR) is 68.1 cm³/mol. The number of esters is 1. The number of hydrogen-bond donors (Lipinski definition) is 2. The molecule has 0 radical (unpaired) electrons. The van der Waals surface area contributed by atoms with Crippen LogP contribution in [0.25, 0.3) is 0 Å². The molecule has 2 N–H and O–H groups in total. The number of pyridine rings is 1. The van der Waals surface area contributed by atoms with Gasteiger partial charge in [-0.05, 0) is 6.07 Å². The summed E-state index contributed by atoms with van der Waals surface area (Å²) in [6.07, 6.45) is 0.753. The first kappa shape index (κ1) is 13.3. The lowest BCUT2D eigenvalue weighted by molar-refractivity contribution is -0.117. The van der Waals surface area contributed by atoms with Crippen molar-refractivity contribution in [1.29, 1.82) is 0 Å². The number of amides is 1. The van der Waals surface area contributed by atoms with Crippen LogP contribution >= 0.6 is 0 Å². The minimum atomic E-state index is -0.695. The number of aliphatic hydroxyl groups is 1. The van der Waals surface area contributed by atoms with Crippen LogP contribution in [-0.2, 0) is 9.53 Å². The van der Waals surface area contributed by atoms with Gasteiger partial charge in [0, 0.05) is 13.2 Å². The number of aliphatic hydroxyl groups excluding tert-OH is 1. The summed E-state index contributed by atoms with van der Waals surface area (Å²) in [4.78, 5) is 28.8. The van der Waals surface area contributed by atoms with Crippen LogP contribution in [0.3, 0.4) is 0 Å². The highest BCUT2D eigenvalue weighted by atomic mass is 16.5. The number of anilines is 2. The average Bonchev–Trinajstić information content (AvgIpc) is 2.76. The number of nitrogens with zero attached hydrogens (tertiary/aromatic N) is 2. The number of carbonyl (C=O) groups excluding carboxylic acids is 2. The third-order valence-corrected chi connectivity index (χ3v) is 2.92. The molecule has 1 amide bonds. The molecular formula is C12H15N3O4. The molecule has 2 rings (SSSR count).